The number of rotatable bonds is 6. The molecule has 1 saturated heterocycles. The highest BCUT2D eigenvalue weighted by Crippen LogP contribution is 2.60. The fourth-order valence-corrected chi connectivity index (χ4v) is 7.59. The van der Waals surface area contributed by atoms with E-state index >= 15 is 0 Å². The molecule has 5 fully saturated rings. The summed E-state index contributed by atoms with van der Waals surface area (Å²) in [5, 5.41) is 3.09. The standard InChI is InChI=1S/C26H36FN3O2/c1-29(2)23(20-5-3-6-21(27)12-20)16-28-24(31)22-7-4-8-30(22)25(32)26-13-17-9-18(14-26)11-19(10-17)15-26/h3,5-6,12,17-19,22-23H,4,7-11,13-16H2,1-2H3,(H,28,31). The van der Waals surface area contributed by atoms with Gasteiger partial charge in [0.05, 0.1) is 11.5 Å². The van der Waals surface area contributed by atoms with Gasteiger partial charge in [0.1, 0.15) is 11.9 Å². The molecule has 4 saturated carbocycles. The maximum Gasteiger partial charge on any atom is 0.242 e. The van der Waals surface area contributed by atoms with Crippen LogP contribution in [0.4, 0.5) is 4.39 Å². The SMILES string of the molecule is CN(C)C(CNC(=O)C1CCCN1C(=O)C12CC3CC(CC(C3)C1)C2)c1cccc(F)c1. The second kappa shape index (κ2) is 8.44. The number of halogens is 1. The van der Waals surface area contributed by atoms with E-state index < -0.39 is 0 Å². The third kappa shape index (κ3) is 3.95. The second-order valence-electron chi connectivity index (χ2n) is 11.1. The summed E-state index contributed by atoms with van der Waals surface area (Å²) in [6.07, 6.45) is 8.64. The van der Waals surface area contributed by atoms with Gasteiger partial charge in [0, 0.05) is 13.1 Å². The Morgan fingerprint density at radius 3 is 2.41 bits per heavy atom. The van der Waals surface area contributed by atoms with Crippen LogP contribution in [0, 0.1) is 29.0 Å². The Balaban J connectivity index is 1.26. The first-order valence-electron chi connectivity index (χ1n) is 12.4. The van der Waals surface area contributed by atoms with Gasteiger partial charge in [-0.25, -0.2) is 4.39 Å². The average Bonchev–Trinajstić information content (AvgIpc) is 3.22. The number of benzene rings is 1. The highest BCUT2D eigenvalue weighted by Gasteiger charge is 2.56. The molecule has 4 aliphatic carbocycles. The summed E-state index contributed by atoms with van der Waals surface area (Å²) in [6, 6.07) is 6.05. The minimum atomic E-state index is -0.370. The highest BCUT2D eigenvalue weighted by atomic mass is 19.1. The van der Waals surface area contributed by atoms with Gasteiger partial charge in [-0.05, 0) is 101 Å². The van der Waals surface area contributed by atoms with Gasteiger partial charge in [-0.2, -0.15) is 0 Å². The monoisotopic (exact) mass is 441 g/mol. The first-order chi connectivity index (χ1) is 15.3. The van der Waals surface area contributed by atoms with Crippen molar-refractivity contribution in [1.29, 1.82) is 0 Å². The van der Waals surface area contributed by atoms with Gasteiger partial charge < -0.3 is 15.1 Å². The predicted octanol–water partition coefficient (Wildman–Crippen LogP) is 3.75. The number of likely N-dealkylation sites (tertiary alicyclic amines) is 1. The molecule has 4 bridgehead atoms. The zero-order valence-corrected chi connectivity index (χ0v) is 19.4. The zero-order chi connectivity index (χ0) is 22.5. The summed E-state index contributed by atoms with van der Waals surface area (Å²) in [5.74, 6) is 2.06. The van der Waals surface area contributed by atoms with Crippen molar-refractivity contribution in [1.82, 2.24) is 15.1 Å². The first-order valence-corrected chi connectivity index (χ1v) is 12.4. The molecule has 6 heteroatoms. The van der Waals surface area contributed by atoms with Crippen molar-refractivity contribution in [2.45, 2.75) is 63.5 Å². The quantitative estimate of drug-likeness (QED) is 0.732. The summed E-state index contributed by atoms with van der Waals surface area (Å²) in [6.45, 7) is 1.09. The molecule has 1 aliphatic heterocycles. The van der Waals surface area contributed by atoms with E-state index in [2.05, 4.69) is 5.32 Å². The molecule has 1 aromatic rings. The molecule has 1 aromatic carbocycles. The number of carbonyl (C=O) groups is 2. The molecule has 32 heavy (non-hydrogen) atoms. The molecular weight excluding hydrogens is 405 g/mol. The molecule has 6 rings (SSSR count). The van der Waals surface area contributed by atoms with Crippen LogP contribution in [0.1, 0.15) is 63.0 Å². The highest BCUT2D eigenvalue weighted by molar-refractivity contribution is 5.91. The van der Waals surface area contributed by atoms with Crippen molar-refractivity contribution >= 4 is 11.8 Å². The van der Waals surface area contributed by atoms with Crippen molar-refractivity contribution in [3.8, 4) is 0 Å². The smallest absolute Gasteiger partial charge is 0.242 e. The van der Waals surface area contributed by atoms with E-state index in [4.69, 9.17) is 0 Å². The lowest BCUT2D eigenvalue weighted by molar-refractivity contribution is -0.160. The Morgan fingerprint density at radius 2 is 1.81 bits per heavy atom. The van der Waals surface area contributed by atoms with Gasteiger partial charge in [-0.3, -0.25) is 9.59 Å². The number of hydrogen-bond donors (Lipinski definition) is 1. The van der Waals surface area contributed by atoms with Crippen LogP contribution in [0.5, 0.6) is 0 Å². The lowest BCUT2D eigenvalue weighted by Gasteiger charge is -2.56. The number of amides is 2. The normalized spacial score (nSPS) is 34.2. The number of likely N-dealkylation sites (N-methyl/N-ethyl adjacent to an activating group) is 1. The Bertz CT molecular complexity index is 850. The fourth-order valence-electron chi connectivity index (χ4n) is 7.59. The molecule has 0 radical (unpaired) electrons. The molecular formula is C26H36FN3O2. The van der Waals surface area contributed by atoms with E-state index in [1.165, 1.54) is 31.4 Å². The minimum Gasteiger partial charge on any atom is -0.352 e. The molecule has 2 amide bonds. The van der Waals surface area contributed by atoms with E-state index in [0.29, 0.717) is 30.8 Å². The van der Waals surface area contributed by atoms with E-state index in [9.17, 15) is 14.0 Å². The van der Waals surface area contributed by atoms with Crippen LogP contribution in [0.2, 0.25) is 0 Å². The van der Waals surface area contributed by atoms with Gasteiger partial charge in [0.25, 0.3) is 0 Å². The van der Waals surface area contributed by atoms with Gasteiger partial charge in [-0.1, -0.05) is 12.1 Å². The Kier molecular flexibility index (Phi) is 5.77. The van der Waals surface area contributed by atoms with Crippen LogP contribution in [0.15, 0.2) is 24.3 Å². The van der Waals surface area contributed by atoms with Crippen molar-refractivity contribution in [2.75, 3.05) is 27.2 Å². The van der Waals surface area contributed by atoms with Crippen molar-refractivity contribution in [3.63, 3.8) is 0 Å². The minimum absolute atomic E-state index is 0.0659. The van der Waals surface area contributed by atoms with Crippen LogP contribution in [0.25, 0.3) is 0 Å². The predicted molar refractivity (Wildman–Crippen MR) is 121 cm³/mol. The van der Waals surface area contributed by atoms with Gasteiger partial charge in [-0.15, -0.1) is 0 Å². The van der Waals surface area contributed by atoms with Crippen molar-refractivity contribution in [2.24, 2.45) is 23.2 Å². The molecule has 2 atom stereocenters. The summed E-state index contributed by atoms with van der Waals surface area (Å²) in [4.78, 5) is 30.9. The summed E-state index contributed by atoms with van der Waals surface area (Å²) >= 11 is 0. The molecule has 0 aromatic heterocycles. The summed E-state index contributed by atoms with van der Waals surface area (Å²) < 4.78 is 13.7. The third-order valence-electron chi connectivity index (χ3n) is 8.63. The average molecular weight is 442 g/mol. The van der Waals surface area contributed by atoms with Gasteiger partial charge in [0.2, 0.25) is 11.8 Å². The van der Waals surface area contributed by atoms with E-state index in [1.54, 1.807) is 6.07 Å². The molecule has 1 N–H and O–H groups in total. The molecule has 174 valence electrons. The molecule has 5 aliphatic rings. The lowest BCUT2D eigenvalue weighted by atomic mass is 9.49. The van der Waals surface area contributed by atoms with Crippen LogP contribution < -0.4 is 5.32 Å². The third-order valence-corrected chi connectivity index (χ3v) is 8.63. The molecule has 0 spiro atoms. The molecule has 2 unspecified atom stereocenters. The zero-order valence-electron chi connectivity index (χ0n) is 19.4. The number of nitrogens with zero attached hydrogens (tertiary/aromatic N) is 2. The summed E-state index contributed by atoms with van der Waals surface area (Å²) in [7, 11) is 3.86. The van der Waals surface area contributed by atoms with Crippen LogP contribution in [-0.4, -0.2) is 54.8 Å². The Hall–Kier alpha value is -1.95. The summed E-state index contributed by atoms with van der Waals surface area (Å²) in [5.41, 5.74) is 0.633. The topological polar surface area (TPSA) is 52.7 Å². The first kappa shape index (κ1) is 21.9. The molecule has 5 nitrogen and oxygen atoms in total. The van der Waals surface area contributed by atoms with E-state index in [0.717, 1.165) is 37.7 Å². The van der Waals surface area contributed by atoms with Crippen LogP contribution in [0.3, 0.4) is 0 Å². The Morgan fingerprint density at radius 1 is 1.16 bits per heavy atom. The number of nitrogens with one attached hydrogen (secondary N) is 1. The van der Waals surface area contributed by atoms with Gasteiger partial charge >= 0.3 is 0 Å². The van der Waals surface area contributed by atoms with Crippen LogP contribution in [-0.2, 0) is 9.59 Å². The lowest BCUT2D eigenvalue weighted by Crippen LogP contribution is -2.57. The van der Waals surface area contributed by atoms with Crippen molar-refractivity contribution < 1.29 is 14.0 Å². The Labute approximate surface area is 190 Å². The van der Waals surface area contributed by atoms with Crippen LogP contribution >= 0.6 is 0 Å². The number of hydrogen-bond acceptors (Lipinski definition) is 3. The van der Waals surface area contributed by atoms with E-state index in [-0.39, 0.29) is 35.1 Å². The largest absolute Gasteiger partial charge is 0.352 e. The van der Waals surface area contributed by atoms with Crippen molar-refractivity contribution in [3.05, 3.63) is 35.6 Å². The maximum atomic E-state index is 13.8. The second-order valence-corrected chi connectivity index (χ2v) is 11.1. The molecule has 1 heterocycles. The van der Waals surface area contributed by atoms with Gasteiger partial charge in [0.15, 0.2) is 0 Å². The fraction of sp³-hybridized carbons (Fsp3) is 0.692. The number of carbonyl (C=O) groups excluding carboxylic acids is 2. The maximum absolute atomic E-state index is 13.8. The van der Waals surface area contributed by atoms with E-state index in [1.807, 2.05) is 30.0 Å².